The van der Waals surface area contributed by atoms with Crippen LogP contribution in [0.15, 0.2) is 0 Å². The van der Waals surface area contributed by atoms with Crippen LogP contribution >= 0.6 is 0 Å². The van der Waals surface area contributed by atoms with Crippen LogP contribution < -0.4 is 0 Å². The molecule has 0 aliphatic heterocycles. The summed E-state index contributed by atoms with van der Waals surface area (Å²) in [5, 5.41) is 0. The molecule has 12 heavy (non-hydrogen) atoms. The lowest BCUT2D eigenvalue weighted by molar-refractivity contribution is 0.628. The summed E-state index contributed by atoms with van der Waals surface area (Å²) in [7, 11) is 0. The molecular formula is H5N6O4S2-. The Morgan fingerprint density at radius 1 is 0.917 bits per heavy atom. The van der Waals surface area contributed by atoms with Crippen molar-refractivity contribution in [1.82, 2.24) is 0 Å². The molecule has 12 heteroatoms. The van der Waals surface area contributed by atoms with Gasteiger partial charge in [0.25, 0.3) is 0 Å². The van der Waals surface area contributed by atoms with Crippen LogP contribution in [0, 0.1) is 5.53 Å². The van der Waals surface area contributed by atoms with Crippen molar-refractivity contribution in [2.45, 2.75) is 0 Å². The Hall–Kier alpha value is -1.48. The van der Waals surface area contributed by atoms with E-state index in [1.54, 1.807) is 4.91 Å². The fourth-order valence-electron chi connectivity index (χ4n) is 0. The highest BCUT2D eigenvalue weighted by atomic mass is 32.1. The van der Waals surface area contributed by atoms with Crippen LogP contribution in [-0.4, -0.2) is 16.8 Å². The summed E-state index contributed by atoms with van der Waals surface area (Å²) in [5.41, 5.74) is 25.8. The zero-order valence-electron chi connectivity index (χ0n) is 5.37. The molecular weight excluding hydrogens is 212 g/mol. The minimum absolute atomic E-state index is 1.42. The average Bonchev–Trinajstić information content (AvgIpc) is 1.92. The molecule has 72 valence electrons. The van der Waals surface area contributed by atoms with Gasteiger partial charge in [-0.25, -0.2) is 16.8 Å². The second-order valence-electron chi connectivity index (χ2n) is 0.356. The quantitative estimate of drug-likeness (QED) is 0.320. The number of nitrogens with zero attached hydrogens (tertiary/aromatic N) is 5. The Morgan fingerprint density at radius 3 is 0.917 bits per heavy atom. The van der Waals surface area contributed by atoms with Gasteiger partial charge in [0.1, 0.15) is 23.1 Å². The van der Waals surface area contributed by atoms with Crippen molar-refractivity contribution in [3.05, 3.63) is 26.4 Å². The minimum Gasteiger partial charge on any atom is -0.373 e. The third-order valence-corrected chi connectivity index (χ3v) is 0. The molecule has 0 rings (SSSR count). The lowest BCUT2D eigenvalue weighted by Gasteiger charge is -1.31. The Morgan fingerprint density at radius 2 is 0.917 bits per heavy atom. The van der Waals surface area contributed by atoms with E-state index in [4.69, 9.17) is 39.0 Å². The molecule has 0 unspecified atom stereocenters. The van der Waals surface area contributed by atoms with Gasteiger partial charge < -0.3 is 11.1 Å². The predicted octanol–water partition coefficient (Wildman–Crippen LogP) is -0.670. The van der Waals surface area contributed by atoms with Gasteiger partial charge in [-0.3, -0.25) is 4.91 Å². The zero-order chi connectivity index (χ0) is 10.8. The molecule has 1 N–H and O–H groups in total. The third kappa shape index (κ3) is 220. The van der Waals surface area contributed by atoms with Gasteiger partial charge >= 0.3 is 0 Å². The van der Waals surface area contributed by atoms with E-state index in [1.165, 1.54) is 4.91 Å². The Bertz CT molecular complexity index is 150. The lowest BCUT2D eigenvalue weighted by atomic mass is 13.0. The van der Waals surface area contributed by atoms with E-state index < -0.39 is 23.1 Å². The average molecular weight is 217 g/mol. The van der Waals surface area contributed by atoms with Gasteiger partial charge in [-0.1, -0.05) is 0 Å². The lowest BCUT2D eigenvalue weighted by Crippen LogP contribution is -1.18. The third-order valence-electron chi connectivity index (χ3n) is 0. The van der Waals surface area contributed by atoms with Crippen LogP contribution in [0.3, 0.4) is 0 Å². The Kier molecular flexibility index (Phi) is 203. The van der Waals surface area contributed by atoms with Gasteiger partial charge in [-0.05, 0) is 10.4 Å². The maximum atomic E-state index is 8.40. The van der Waals surface area contributed by atoms with Crippen LogP contribution in [0.1, 0.15) is 0 Å². The van der Waals surface area contributed by atoms with Gasteiger partial charge in [-0.15, -0.1) is 5.53 Å². The predicted molar refractivity (Wildman–Crippen MR) is 42.9 cm³/mol. The first-order valence-corrected chi connectivity index (χ1v) is 3.27. The first kappa shape index (κ1) is 22.4. The van der Waals surface area contributed by atoms with Gasteiger partial charge in [-0.2, -0.15) is 0 Å². The molecule has 0 amide bonds. The van der Waals surface area contributed by atoms with Gasteiger partial charge in [0.2, 0.25) is 0 Å². The molecule has 0 aliphatic carbocycles. The molecule has 0 fully saturated rings. The summed E-state index contributed by atoms with van der Waals surface area (Å²) in [4.78, 5) is 3.25. The Labute approximate surface area is 72.6 Å². The number of rotatable bonds is 0. The smallest absolute Gasteiger partial charge is 0.129 e. The highest BCUT2D eigenvalue weighted by Gasteiger charge is 0.975. The van der Waals surface area contributed by atoms with Crippen LogP contribution in [-0.2, 0) is 23.1 Å². The number of hydrogen-bond donors (Lipinski definition) is 1. The highest BCUT2D eigenvalue weighted by molar-refractivity contribution is 7.51. The van der Waals surface area contributed by atoms with Gasteiger partial charge in [0, 0.05) is 0 Å². The molecule has 0 saturated carbocycles. The van der Waals surface area contributed by atoms with Crippen LogP contribution in [0.5, 0.6) is 0 Å². The van der Waals surface area contributed by atoms with Crippen molar-refractivity contribution in [1.29, 1.82) is 5.53 Å². The Balaban J connectivity index is -0.0000000356. The van der Waals surface area contributed by atoms with E-state index in [0.29, 0.717) is 0 Å². The second kappa shape index (κ2) is 109. The first-order valence-electron chi connectivity index (χ1n) is 1.64. The summed E-state index contributed by atoms with van der Waals surface area (Å²) < 4.78 is 33.6. The van der Waals surface area contributed by atoms with Crippen LogP contribution in [0.4, 0.5) is 0 Å². The van der Waals surface area contributed by atoms with Crippen molar-refractivity contribution < 1.29 is 16.8 Å². The minimum atomic E-state index is -1.42. The fourth-order valence-corrected chi connectivity index (χ4v) is 0. The summed E-state index contributed by atoms with van der Waals surface area (Å²) in [6, 6.07) is 0. The summed E-state index contributed by atoms with van der Waals surface area (Å²) in [5.74, 6) is 0. The molecule has 0 bridgehead atoms. The maximum absolute atomic E-state index is 8.40. The monoisotopic (exact) mass is 217 g/mol. The number of hydrogen-bond acceptors (Lipinski definition) is 5. The fraction of sp³-hybridized carbons (Fsp3) is 0. The maximum Gasteiger partial charge on any atom is 0.129 e. The van der Waals surface area contributed by atoms with E-state index >= 15 is 0 Å². The molecule has 0 heterocycles. The standard InChI is InChI=1S/HN3.N3.2H2O2S/c4*1-3-2/h1H;;2*3H2/q;-1;;. The van der Waals surface area contributed by atoms with E-state index in [9.17, 15) is 0 Å². The normalized spacial score (nSPS) is 4.00. The van der Waals surface area contributed by atoms with E-state index in [2.05, 4.69) is 0 Å². The largest absolute Gasteiger partial charge is 0.373 e. The van der Waals surface area contributed by atoms with E-state index in [0.717, 1.165) is 0 Å². The van der Waals surface area contributed by atoms with E-state index in [-0.39, 0.29) is 0 Å². The van der Waals surface area contributed by atoms with Crippen molar-refractivity contribution in [3.63, 3.8) is 0 Å². The van der Waals surface area contributed by atoms with Gasteiger partial charge in [0.15, 0.2) is 0 Å². The molecule has 0 saturated heterocycles. The summed E-state index contributed by atoms with van der Waals surface area (Å²) in [6.07, 6.45) is 0. The molecule has 0 spiro atoms. The van der Waals surface area contributed by atoms with Gasteiger partial charge in [0.05, 0.1) is 0 Å². The highest BCUT2D eigenvalue weighted by Crippen LogP contribution is 1.29. The van der Waals surface area contributed by atoms with Crippen molar-refractivity contribution in [2.75, 3.05) is 0 Å². The molecule has 0 aromatic carbocycles. The SMILES string of the molecule is O=[SH2]=O.O=[SH2]=O.[N-]=[N+]=N.[N-]=[N+]=[N-]. The van der Waals surface area contributed by atoms with Crippen molar-refractivity contribution in [3.8, 4) is 0 Å². The molecule has 0 radical (unpaired) electrons. The number of nitrogens with one attached hydrogen (secondary N) is 1. The summed E-state index contributed by atoms with van der Waals surface area (Å²) in [6.45, 7) is 0. The van der Waals surface area contributed by atoms with Crippen molar-refractivity contribution >= 4 is 23.1 Å². The topological polar surface area (TPSA) is 187 Å². The zero-order valence-corrected chi connectivity index (χ0v) is 7.37. The molecule has 10 nitrogen and oxygen atoms in total. The molecule has 0 aromatic rings. The molecule has 0 atom stereocenters. The van der Waals surface area contributed by atoms with E-state index in [1.807, 2.05) is 0 Å². The van der Waals surface area contributed by atoms with Crippen LogP contribution in [0.25, 0.3) is 26.4 Å². The summed E-state index contributed by atoms with van der Waals surface area (Å²) >= 11 is -2.83. The first-order chi connectivity index (χ1) is 5.66. The molecule has 0 aliphatic rings. The second-order valence-corrected chi connectivity index (χ2v) is 0.689. The molecule has 0 aromatic heterocycles. The van der Waals surface area contributed by atoms with Crippen LogP contribution in [0.2, 0.25) is 0 Å². The van der Waals surface area contributed by atoms with Crippen molar-refractivity contribution in [2.24, 2.45) is 0 Å².